The Labute approximate surface area is 154 Å². The lowest BCUT2D eigenvalue weighted by molar-refractivity contribution is -0.141. The minimum atomic E-state index is -1.03. The summed E-state index contributed by atoms with van der Waals surface area (Å²) in [5.41, 5.74) is 1.11. The highest BCUT2D eigenvalue weighted by atomic mass is 35.5. The van der Waals surface area contributed by atoms with E-state index in [9.17, 15) is 14.7 Å². The molecule has 1 aliphatic heterocycles. The average Bonchev–Trinajstić information content (AvgIpc) is 3.06. The molecular formula is C18H16ClNO4S. The van der Waals surface area contributed by atoms with E-state index in [-0.39, 0.29) is 5.91 Å². The van der Waals surface area contributed by atoms with E-state index in [1.54, 1.807) is 36.4 Å². The van der Waals surface area contributed by atoms with Crippen molar-refractivity contribution >= 4 is 35.2 Å². The third kappa shape index (κ3) is 3.45. The summed E-state index contributed by atoms with van der Waals surface area (Å²) >= 11 is 7.67. The number of methoxy groups -OCH3 is 1. The number of carboxylic acid groups (broad SMARTS) is 1. The lowest BCUT2D eigenvalue weighted by Crippen LogP contribution is -2.43. The maximum atomic E-state index is 13.1. The zero-order valence-corrected chi connectivity index (χ0v) is 15.0. The summed E-state index contributed by atoms with van der Waals surface area (Å²) in [4.78, 5) is 26.1. The molecule has 0 bridgehead atoms. The molecule has 7 heteroatoms. The second-order valence-corrected chi connectivity index (χ2v) is 7.03. The Balaban J connectivity index is 2.01. The van der Waals surface area contributed by atoms with Crippen molar-refractivity contribution in [1.29, 1.82) is 0 Å². The maximum absolute atomic E-state index is 13.1. The van der Waals surface area contributed by atoms with E-state index >= 15 is 0 Å². The summed E-state index contributed by atoms with van der Waals surface area (Å²) in [5.74, 6) is -0.542. The topological polar surface area (TPSA) is 66.8 Å². The van der Waals surface area contributed by atoms with E-state index in [0.717, 1.165) is 5.56 Å². The summed E-state index contributed by atoms with van der Waals surface area (Å²) in [5, 5.41) is 9.61. The smallest absolute Gasteiger partial charge is 0.327 e. The van der Waals surface area contributed by atoms with Crippen LogP contribution in [0.15, 0.2) is 48.5 Å². The number of aliphatic carboxylic acids is 1. The van der Waals surface area contributed by atoms with Crippen molar-refractivity contribution < 1.29 is 19.4 Å². The van der Waals surface area contributed by atoms with Crippen LogP contribution in [-0.2, 0) is 4.79 Å². The third-order valence-corrected chi connectivity index (χ3v) is 5.66. The second kappa shape index (κ2) is 7.37. The van der Waals surface area contributed by atoms with E-state index in [0.29, 0.717) is 22.1 Å². The van der Waals surface area contributed by atoms with Gasteiger partial charge in [0.1, 0.15) is 17.2 Å². The molecule has 0 aliphatic carbocycles. The number of carboxylic acids is 1. The minimum Gasteiger partial charge on any atom is -0.497 e. The number of thioether (sulfide) groups is 1. The van der Waals surface area contributed by atoms with Gasteiger partial charge in [-0.3, -0.25) is 4.79 Å². The Bertz CT molecular complexity index is 813. The highest BCUT2D eigenvalue weighted by Gasteiger charge is 2.43. The maximum Gasteiger partial charge on any atom is 0.327 e. The molecule has 2 atom stereocenters. The molecule has 3 rings (SSSR count). The van der Waals surface area contributed by atoms with E-state index in [1.807, 2.05) is 12.1 Å². The Morgan fingerprint density at radius 3 is 2.68 bits per heavy atom. The normalized spacial score (nSPS) is 19.7. The van der Waals surface area contributed by atoms with Crippen molar-refractivity contribution in [3.05, 3.63) is 64.7 Å². The van der Waals surface area contributed by atoms with Crippen LogP contribution in [0.4, 0.5) is 0 Å². The highest BCUT2D eigenvalue weighted by molar-refractivity contribution is 7.99. The van der Waals surface area contributed by atoms with Crippen LogP contribution in [0.2, 0.25) is 5.02 Å². The largest absolute Gasteiger partial charge is 0.497 e. The van der Waals surface area contributed by atoms with Crippen LogP contribution >= 0.6 is 23.4 Å². The van der Waals surface area contributed by atoms with Gasteiger partial charge < -0.3 is 14.7 Å². The second-order valence-electron chi connectivity index (χ2n) is 5.51. The van der Waals surface area contributed by atoms with Gasteiger partial charge in [0.2, 0.25) is 0 Å². The lowest BCUT2D eigenvalue weighted by Gasteiger charge is -2.28. The molecule has 0 radical (unpaired) electrons. The fourth-order valence-corrected chi connectivity index (χ4v) is 4.52. The van der Waals surface area contributed by atoms with E-state index in [4.69, 9.17) is 16.3 Å². The van der Waals surface area contributed by atoms with Gasteiger partial charge in [-0.15, -0.1) is 11.8 Å². The average molecular weight is 378 g/mol. The van der Waals surface area contributed by atoms with Gasteiger partial charge in [-0.2, -0.15) is 0 Å². The molecular weight excluding hydrogens is 362 g/mol. The lowest BCUT2D eigenvalue weighted by atomic mass is 10.1. The fourth-order valence-electron chi connectivity index (χ4n) is 2.76. The van der Waals surface area contributed by atoms with Crippen molar-refractivity contribution in [2.75, 3.05) is 12.9 Å². The molecule has 1 N–H and O–H groups in total. The first kappa shape index (κ1) is 17.6. The number of hydrogen-bond donors (Lipinski definition) is 1. The standard InChI is InChI=1S/C18H16ClNO4S/c1-24-12-6-4-5-11(9-12)16(21)20-15(18(22)23)10-25-17(20)13-7-2-3-8-14(13)19/h2-9,15,17H,10H2,1H3,(H,22,23)/t15-,17-/m1/s1. The molecule has 130 valence electrons. The monoisotopic (exact) mass is 377 g/mol. The number of halogens is 1. The summed E-state index contributed by atoms with van der Waals surface area (Å²) in [6, 6.07) is 13.0. The number of nitrogens with zero attached hydrogens (tertiary/aromatic N) is 1. The van der Waals surface area contributed by atoms with Crippen LogP contribution in [-0.4, -0.2) is 40.8 Å². The molecule has 25 heavy (non-hydrogen) atoms. The number of benzene rings is 2. The van der Waals surface area contributed by atoms with Gasteiger partial charge in [0.05, 0.1) is 7.11 Å². The van der Waals surface area contributed by atoms with Crippen molar-refractivity contribution in [2.24, 2.45) is 0 Å². The van der Waals surface area contributed by atoms with Crippen molar-refractivity contribution in [3.63, 3.8) is 0 Å². The van der Waals surface area contributed by atoms with Crippen LogP contribution in [0, 0.1) is 0 Å². The van der Waals surface area contributed by atoms with Crippen molar-refractivity contribution in [2.45, 2.75) is 11.4 Å². The molecule has 1 aliphatic rings. The summed E-state index contributed by atoms with van der Waals surface area (Å²) in [6.45, 7) is 0. The van der Waals surface area contributed by atoms with Crippen LogP contribution in [0.3, 0.4) is 0 Å². The molecule has 2 aromatic rings. The quantitative estimate of drug-likeness (QED) is 0.880. The summed E-state index contributed by atoms with van der Waals surface area (Å²) in [6.07, 6.45) is 0. The van der Waals surface area contributed by atoms with Crippen LogP contribution in [0.5, 0.6) is 5.75 Å². The number of rotatable bonds is 4. The molecule has 1 amide bonds. The SMILES string of the molecule is COc1cccc(C(=O)N2[C@@H](C(=O)O)CS[C@@H]2c2ccccc2Cl)c1. The molecule has 2 aromatic carbocycles. The van der Waals surface area contributed by atoms with E-state index in [2.05, 4.69) is 0 Å². The van der Waals surface area contributed by atoms with Crippen LogP contribution in [0.1, 0.15) is 21.3 Å². The van der Waals surface area contributed by atoms with Gasteiger partial charge in [-0.25, -0.2) is 4.79 Å². The summed E-state index contributed by atoms with van der Waals surface area (Å²) in [7, 11) is 1.52. The van der Waals surface area contributed by atoms with Gasteiger partial charge in [-0.1, -0.05) is 35.9 Å². The number of amides is 1. The van der Waals surface area contributed by atoms with Gasteiger partial charge in [0, 0.05) is 21.9 Å². The minimum absolute atomic E-state index is 0.306. The summed E-state index contributed by atoms with van der Waals surface area (Å²) < 4.78 is 5.16. The Kier molecular flexibility index (Phi) is 5.20. The predicted molar refractivity (Wildman–Crippen MR) is 97.2 cm³/mol. The van der Waals surface area contributed by atoms with Crippen molar-refractivity contribution in [1.82, 2.24) is 4.90 Å². The Morgan fingerprint density at radius 1 is 1.24 bits per heavy atom. The van der Waals surface area contributed by atoms with Crippen LogP contribution < -0.4 is 4.74 Å². The molecule has 0 spiro atoms. The number of carbonyl (C=O) groups is 2. The van der Waals surface area contributed by atoms with E-state index < -0.39 is 17.4 Å². The van der Waals surface area contributed by atoms with E-state index in [1.165, 1.54) is 23.8 Å². The first-order valence-corrected chi connectivity index (χ1v) is 9.01. The van der Waals surface area contributed by atoms with Gasteiger partial charge >= 0.3 is 5.97 Å². The Hall–Kier alpha value is -2.18. The number of carbonyl (C=O) groups excluding carboxylic acids is 1. The van der Waals surface area contributed by atoms with Gasteiger partial charge in [-0.05, 0) is 24.3 Å². The third-order valence-electron chi connectivity index (χ3n) is 4.01. The first-order chi connectivity index (χ1) is 12.0. The van der Waals surface area contributed by atoms with Gasteiger partial charge in [0.15, 0.2) is 0 Å². The molecule has 1 fully saturated rings. The fraction of sp³-hybridized carbons (Fsp3) is 0.222. The molecule has 1 saturated heterocycles. The number of ether oxygens (including phenoxy) is 1. The molecule has 0 saturated carbocycles. The van der Waals surface area contributed by atoms with Gasteiger partial charge in [0.25, 0.3) is 5.91 Å². The zero-order valence-electron chi connectivity index (χ0n) is 13.4. The van der Waals surface area contributed by atoms with Crippen LogP contribution in [0.25, 0.3) is 0 Å². The predicted octanol–water partition coefficient (Wildman–Crippen LogP) is 3.69. The molecule has 0 unspecified atom stereocenters. The highest BCUT2D eigenvalue weighted by Crippen LogP contribution is 2.44. The molecule has 5 nitrogen and oxygen atoms in total. The van der Waals surface area contributed by atoms with Crippen molar-refractivity contribution in [3.8, 4) is 5.75 Å². The first-order valence-electron chi connectivity index (χ1n) is 7.58. The molecule has 0 aromatic heterocycles. The Morgan fingerprint density at radius 2 is 2.00 bits per heavy atom. The zero-order chi connectivity index (χ0) is 18.0. The number of hydrogen-bond acceptors (Lipinski definition) is 4. The molecule has 1 heterocycles.